The normalized spacial score (nSPS) is 11.4. The molecule has 0 atom stereocenters. The Balaban J connectivity index is 2.28. The van der Waals surface area contributed by atoms with Crippen LogP contribution < -0.4 is 4.72 Å². The van der Waals surface area contributed by atoms with Crippen molar-refractivity contribution in [1.29, 1.82) is 0 Å². The molecular formula is C11H13ClN4O4S. The first-order valence-corrected chi connectivity index (χ1v) is 7.77. The van der Waals surface area contributed by atoms with Gasteiger partial charge in [0, 0.05) is 19.3 Å². The molecule has 0 bridgehead atoms. The van der Waals surface area contributed by atoms with Crippen LogP contribution in [0.15, 0.2) is 23.2 Å². The summed E-state index contributed by atoms with van der Waals surface area (Å²) >= 11 is 5.62. The molecule has 0 aliphatic carbocycles. The molecule has 8 nitrogen and oxygen atoms in total. The first-order valence-electron chi connectivity index (χ1n) is 5.90. The summed E-state index contributed by atoms with van der Waals surface area (Å²) in [6.07, 6.45) is 1.31. The topological polar surface area (TPSA) is 106 Å². The quantitative estimate of drug-likeness (QED) is 0.804. The first kappa shape index (κ1) is 15.4. The fraction of sp³-hybridized carbons (Fsp3) is 0.273. The first-order chi connectivity index (χ1) is 9.83. The summed E-state index contributed by atoms with van der Waals surface area (Å²) in [6, 6.07) is 2.56. The number of halogens is 1. The molecule has 0 radical (unpaired) electrons. The maximum Gasteiger partial charge on any atom is 0.354 e. The molecule has 0 aliphatic heterocycles. The van der Waals surface area contributed by atoms with Gasteiger partial charge in [-0.25, -0.2) is 13.2 Å². The molecule has 0 spiro atoms. The van der Waals surface area contributed by atoms with Crippen LogP contribution in [0.4, 0.5) is 5.82 Å². The van der Waals surface area contributed by atoms with Gasteiger partial charge in [0.1, 0.15) is 15.7 Å². The van der Waals surface area contributed by atoms with Gasteiger partial charge >= 0.3 is 5.97 Å². The van der Waals surface area contributed by atoms with E-state index < -0.39 is 16.0 Å². The summed E-state index contributed by atoms with van der Waals surface area (Å²) in [7, 11) is -2.32. The van der Waals surface area contributed by atoms with E-state index in [4.69, 9.17) is 16.3 Å². The average molecular weight is 333 g/mol. The second kappa shape index (κ2) is 5.78. The summed E-state index contributed by atoms with van der Waals surface area (Å²) < 4.78 is 32.8. The molecule has 0 unspecified atom stereocenters. The molecule has 2 aromatic heterocycles. The van der Waals surface area contributed by atoms with Gasteiger partial charge in [-0.2, -0.15) is 5.10 Å². The zero-order valence-electron chi connectivity index (χ0n) is 11.3. The number of aromatic nitrogens is 3. The van der Waals surface area contributed by atoms with E-state index >= 15 is 0 Å². The third-order valence-corrected chi connectivity index (χ3v) is 4.08. The molecule has 2 aromatic rings. The Kier molecular flexibility index (Phi) is 4.24. The van der Waals surface area contributed by atoms with Crippen LogP contribution in [0.5, 0.6) is 0 Å². The Morgan fingerprint density at radius 2 is 2.24 bits per heavy atom. The Bertz CT molecular complexity index is 765. The second-order valence-corrected chi connectivity index (χ2v) is 6.19. The third-order valence-electron chi connectivity index (χ3n) is 2.56. The molecule has 0 amide bonds. The molecule has 10 heteroatoms. The van der Waals surface area contributed by atoms with Gasteiger partial charge in [-0.15, -0.1) is 0 Å². The van der Waals surface area contributed by atoms with E-state index in [9.17, 15) is 13.2 Å². The van der Waals surface area contributed by atoms with Gasteiger partial charge < -0.3 is 9.30 Å². The third kappa shape index (κ3) is 3.37. The highest BCUT2D eigenvalue weighted by Gasteiger charge is 2.22. The lowest BCUT2D eigenvalue weighted by Crippen LogP contribution is -2.12. The molecule has 2 heterocycles. The van der Waals surface area contributed by atoms with Crippen molar-refractivity contribution >= 4 is 33.4 Å². The Labute approximate surface area is 126 Å². The van der Waals surface area contributed by atoms with E-state index in [0.29, 0.717) is 0 Å². The highest BCUT2D eigenvalue weighted by atomic mass is 35.5. The fourth-order valence-corrected chi connectivity index (χ4v) is 2.84. The minimum absolute atomic E-state index is 0.0570. The highest BCUT2D eigenvalue weighted by Crippen LogP contribution is 2.19. The van der Waals surface area contributed by atoms with Gasteiger partial charge in [0.05, 0.1) is 6.61 Å². The zero-order valence-corrected chi connectivity index (χ0v) is 12.8. The van der Waals surface area contributed by atoms with E-state index in [1.54, 1.807) is 14.0 Å². The van der Waals surface area contributed by atoms with Gasteiger partial charge in [-0.05, 0) is 13.0 Å². The molecule has 2 N–H and O–H groups in total. The average Bonchev–Trinajstić information content (AvgIpc) is 2.96. The van der Waals surface area contributed by atoms with Crippen molar-refractivity contribution in [3.8, 4) is 0 Å². The number of hydrogen-bond acceptors (Lipinski definition) is 5. The van der Waals surface area contributed by atoms with Gasteiger partial charge in [0.25, 0.3) is 10.0 Å². The molecule has 0 saturated heterocycles. The number of hydrogen-bond donors (Lipinski definition) is 2. The van der Waals surface area contributed by atoms with E-state index in [1.165, 1.54) is 22.9 Å². The van der Waals surface area contributed by atoms with Gasteiger partial charge in [-0.3, -0.25) is 9.82 Å². The summed E-state index contributed by atoms with van der Waals surface area (Å²) in [5.74, 6) is -0.536. The van der Waals surface area contributed by atoms with Crippen LogP contribution in [-0.2, 0) is 21.8 Å². The van der Waals surface area contributed by atoms with Crippen LogP contribution in [0.3, 0.4) is 0 Å². The maximum atomic E-state index is 12.2. The largest absolute Gasteiger partial charge is 0.461 e. The minimum atomic E-state index is -3.87. The lowest BCUT2D eigenvalue weighted by molar-refractivity contribution is 0.0515. The Hall–Kier alpha value is -2.00. The van der Waals surface area contributed by atoms with Crippen molar-refractivity contribution in [3.05, 3.63) is 29.2 Å². The predicted octanol–water partition coefficient (Wildman–Crippen LogP) is 1.38. The van der Waals surface area contributed by atoms with Crippen molar-refractivity contribution in [2.75, 3.05) is 11.3 Å². The summed E-state index contributed by atoms with van der Waals surface area (Å²) in [5, 5.41) is 6.28. The van der Waals surface area contributed by atoms with E-state index in [0.717, 1.165) is 0 Å². The highest BCUT2D eigenvalue weighted by molar-refractivity contribution is 7.92. The zero-order chi connectivity index (χ0) is 15.6. The van der Waals surface area contributed by atoms with Crippen molar-refractivity contribution in [1.82, 2.24) is 14.8 Å². The number of anilines is 1. The van der Waals surface area contributed by atoms with Crippen LogP contribution in [0, 0.1) is 0 Å². The molecule has 2 rings (SSSR count). The maximum absolute atomic E-state index is 12.2. The lowest BCUT2D eigenvalue weighted by atomic mass is 10.4. The molecule has 0 fully saturated rings. The van der Waals surface area contributed by atoms with Crippen LogP contribution in [-0.4, -0.2) is 35.8 Å². The van der Waals surface area contributed by atoms with Crippen LogP contribution in [0.1, 0.15) is 17.4 Å². The number of ether oxygens (including phenoxy) is 1. The van der Waals surface area contributed by atoms with E-state index in [2.05, 4.69) is 14.9 Å². The molecule has 114 valence electrons. The number of carbonyl (C=O) groups is 1. The Morgan fingerprint density at radius 1 is 1.52 bits per heavy atom. The van der Waals surface area contributed by atoms with E-state index in [-0.39, 0.29) is 28.2 Å². The fourth-order valence-electron chi connectivity index (χ4n) is 1.64. The molecule has 0 aromatic carbocycles. The van der Waals surface area contributed by atoms with Crippen molar-refractivity contribution in [3.63, 3.8) is 0 Å². The smallest absolute Gasteiger partial charge is 0.354 e. The van der Waals surface area contributed by atoms with Gasteiger partial charge in [0.15, 0.2) is 5.82 Å². The lowest BCUT2D eigenvalue weighted by Gasteiger charge is -2.01. The van der Waals surface area contributed by atoms with Crippen molar-refractivity contribution in [2.24, 2.45) is 7.05 Å². The number of esters is 1. The number of aryl methyl sites for hydroxylation is 1. The van der Waals surface area contributed by atoms with Gasteiger partial charge in [0.2, 0.25) is 0 Å². The van der Waals surface area contributed by atoms with Crippen molar-refractivity contribution in [2.45, 2.75) is 11.8 Å². The number of aromatic amines is 1. The summed E-state index contributed by atoms with van der Waals surface area (Å²) in [4.78, 5) is 11.6. The standard InChI is InChI=1S/C11H13ClN4O4S/c1-3-20-11(17)8-4-7(6-16(8)2)21(18,19)15-10-5-9(12)13-14-10/h4-6H,3H2,1-2H3,(H2,13,14,15). The van der Waals surface area contributed by atoms with Crippen molar-refractivity contribution < 1.29 is 17.9 Å². The van der Waals surface area contributed by atoms with Gasteiger partial charge in [-0.1, -0.05) is 11.6 Å². The van der Waals surface area contributed by atoms with Crippen LogP contribution in [0.2, 0.25) is 5.15 Å². The molecule has 0 saturated carbocycles. The number of rotatable bonds is 5. The summed E-state index contributed by atoms with van der Waals surface area (Å²) in [5.41, 5.74) is 0.136. The summed E-state index contributed by atoms with van der Waals surface area (Å²) in [6.45, 7) is 1.87. The minimum Gasteiger partial charge on any atom is -0.461 e. The Morgan fingerprint density at radius 3 is 2.81 bits per heavy atom. The predicted molar refractivity (Wildman–Crippen MR) is 75.8 cm³/mol. The number of sulfonamides is 1. The SMILES string of the molecule is CCOC(=O)c1cc(S(=O)(=O)Nc2cc(Cl)[nH]n2)cn1C. The van der Waals surface area contributed by atoms with Crippen LogP contribution in [0.25, 0.3) is 0 Å². The number of carbonyl (C=O) groups excluding carboxylic acids is 1. The molecule has 0 aliphatic rings. The van der Waals surface area contributed by atoms with E-state index in [1.807, 2.05) is 0 Å². The second-order valence-electron chi connectivity index (χ2n) is 4.10. The number of H-pyrrole nitrogens is 1. The monoisotopic (exact) mass is 332 g/mol. The number of nitrogens with zero attached hydrogens (tertiary/aromatic N) is 2. The molecular weight excluding hydrogens is 320 g/mol. The van der Waals surface area contributed by atoms with Crippen LogP contribution >= 0.6 is 11.6 Å². The molecule has 21 heavy (non-hydrogen) atoms. The number of nitrogens with one attached hydrogen (secondary N) is 2.